The van der Waals surface area contributed by atoms with E-state index in [4.69, 9.17) is 9.97 Å². The normalized spacial score (nSPS) is 15.3. The molecule has 3 heterocycles. The Kier molecular flexibility index (Phi) is 3.97. The Morgan fingerprint density at radius 2 is 1.91 bits per heavy atom. The standard InChI is InChI=1S/C18H20N4S/c1-2-14-12-15-17(22-10-8-19-9-11-22)20-16(21-18(15)23-14)13-6-4-3-5-7-13/h3-7,12,19H,2,8-11H2,1H3. The molecule has 5 heteroatoms. The molecule has 0 unspecified atom stereocenters. The maximum atomic E-state index is 4.94. The predicted molar refractivity (Wildman–Crippen MR) is 97.3 cm³/mol. The van der Waals surface area contributed by atoms with E-state index in [1.165, 1.54) is 10.3 Å². The molecule has 0 atom stereocenters. The van der Waals surface area contributed by atoms with Crippen molar-refractivity contribution in [3.8, 4) is 11.4 Å². The molecule has 2 aromatic heterocycles. The highest BCUT2D eigenvalue weighted by Crippen LogP contribution is 2.33. The summed E-state index contributed by atoms with van der Waals surface area (Å²) in [4.78, 5) is 14.6. The highest BCUT2D eigenvalue weighted by atomic mass is 32.1. The lowest BCUT2D eigenvalue weighted by Gasteiger charge is -2.29. The topological polar surface area (TPSA) is 41.0 Å². The molecule has 3 aromatic rings. The number of nitrogens with zero attached hydrogens (tertiary/aromatic N) is 3. The minimum atomic E-state index is 0.830. The Morgan fingerprint density at radius 1 is 1.13 bits per heavy atom. The average Bonchev–Trinajstić information content (AvgIpc) is 3.05. The van der Waals surface area contributed by atoms with Crippen LogP contribution < -0.4 is 10.2 Å². The number of aryl methyl sites for hydroxylation is 1. The Morgan fingerprint density at radius 3 is 2.65 bits per heavy atom. The van der Waals surface area contributed by atoms with Gasteiger partial charge in [-0.15, -0.1) is 11.3 Å². The van der Waals surface area contributed by atoms with E-state index in [0.29, 0.717) is 0 Å². The molecule has 1 aliphatic heterocycles. The Bertz CT molecular complexity index is 807. The summed E-state index contributed by atoms with van der Waals surface area (Å²) in [5.41, 5.74) is 1.08. The molecular formula is C18H20N4S. The Hall–Kier alpha value is -1.98. The van der Waals surface area contributed by atoms with Crippen LogP contribution in [0.1, 0.15) is 11.8 Å². The highest BCUT2D eigenvalue weighted by Gasteiger charge is 2.19. The number of piperazine rings is 1. The third-order valence-corrected chi connectivity index (χ3v) is 5.39. The molecule has 1 aliphatic rings. The summed E-state index contributed by atoms with van der Waals surface area (Å²) < 4.78 is 0. The van der Waals surface area contributed by atoms with E-state index in [9.17, 15) is 0 Å². The second-order valence-electron chi connectivity index (χ2n) is 5.76. The molecule has 118 valence electrons. The van der Waals surface area contributed by atoms with Gasteiger partial charge < -0.3 is 10.2 Å². The largest absolute Gasteiger partial charge is 0.353 e. The minimum absolute atomic E-state index is 0.830. The van der Waals surface area contributed by atoms with Crippen LogP contribution in [0.15, 0.2) is 36.4 Å². The van der Waals surface area contributed by atoms with E-state index in [1.807, 2.05) is 18.2 Å². The SMILES string of the molecule is CCc1cc2c(N3CCNCC3)nc(-c3ccccc3)nc2s1. The second-order valence-corrected chi connectivity index (χ2v) is 6.87. The van der Waals surface area contributed by atoms with E-state index in [0.717, 1.165) is 54.6 Å². The van der Waals surface area contributed by atoms with Crippen LogP contribution in [0.3, 0.4) is 0 Å². The van der Waals surface area contributed by atoms with Crippen LogP contribution in [0.4, 0.5) is 5.82 Å². The zero-order valence-electron chi connectivity index (χ0n) is 13.2. The summed E-state index contributed by atoms with van der Waals surface area (Å²) in [6.07, 6.45) is 1.04. The second kappa shape index (κ2) is 6.26. The van der Waals surface area contributed by atoms with Crippen molar-refractivity contribution in [2.24, 2.45) is 0 Å². The van der Waals surface area contributed by atoms with Gasteiger partial charge in [0.2, 0.25) is 0 Å². The Balaban J connectivity index is 1.88. The van der Waals surface area contributed by atoms with Gasteiger partial charge in [-0.3, -0.25) is 0 Å². The van der Waals surface area contributed by atoms with Gasteiger partial charge in [0, 0.05) is 36.6 Å². The van der Waals surface area contributed by atoms with Gasteiger partial charge >= 0.3 is 0 Å². The van der Waals surface area contributed by atoms with Crippen LogP contribution in [-0.4, -0.2) is 36.1 Å². The van der Waals surface area contributed by atoms with Crippen molar-refractivity contribution in [3.63, 3.8) is 0 Å². The van der Waals surface area contributed by atoms with Gasteiger partial charge in [-0.25, -0.2) is 9.97 Å². The molecule has 0 bridgehead atoms. The molecular weight excluding hydrogens is 304 g/mol. The fourth-order valence-electron chi connectivity index (χ4n) is 2.96. The molecule has 1 aromatic carbocycles. The van der Waals surface area contributed by atoms with Crippen molar-refractivity contribution in [1.29, 1.82) is 0 Å². The number of benzene rings is 1. The number of thiophene rings is 1. The van der Waals surface area contributed by atoms with Crippen LogP contribution >= 0.6 is 11.3 Å². The minimum Gasteiger partial charge on any atom is -0.353 e. The summed E-state index contributed by atoms with van der Waals surface area (Å²) in [5, 5.41) is 4.62. The van der Waals surface area contributed by atoms with Crippen molar-refractivity contribution in [1.82, 2.24) is 15.3 Å². The molecule has 23 heavy (non-hydrogen) atoms. The lowest BCUT2D eigenvalue weighted by atomic mass is 10.2. The fraction of sp³-hybridized carbons (Fsp3) is 0.333. The molecule has 0 saturated carbocycles. The highest BCUT2D eigenvalue weighted by molar-refractivity contribution is 7.18. The number of anilines is 1. The zero-order chi connectivity index (χ0) is 15.6. The van der Waals surface area contributed by atoms with Crippen molar-refractivity contribution in [2.45, 2.75) is 13.3 Å². The maximum Gasteiger partial charge on any atom is 0.163 e. The van der Waals surface area contributed by atoms with E-state index in [2.05, 4.69) is 35.3 Å². The molecule has 1 fully saturated rings. The van der Waals surface area contributed by atoms with Crippen molar-refractivity contribution < 1.29 is 0 Å². The number of hydrogen-bond donors (Lipinski definition) is 1. The number of fused-ring (bicyclic) bond motifs is 1. The van der Waals surface area contributed by atoms with Crippen molar-refractivity contribution in [3.05, 3.63) is 41.3 Å². The summed E-state index contributed by atoms with van der Waals surface area (Å²) in [7, 11) is 0. The molecule has 0 radical (unpaired) electrons. The van der Waals surface area contributed by atoms with E-state index in [-0.39, 0.29) is 0 Å². The van der Waals surface area contributed by atoms with E-state index in [1.54, 1.807) is 11.3 Å². The van der Waals surface area contributed by atoms with Crippen LogP contribution in [0, 0.1) is 0 Å². The first-order valence-corrected chi connectivity index (χ1v) is 8.98. The molecule has 4 nitrogen and oxygen atoms in total. The molecule has 0 aliphatic carbocycles. The lowest BCUT2D eigenvalue weighted by molar-refractivity contribution is 0.586. The smallest absolute Gasteiger partial charge is 0.163 e. The van der Waals surface area contributed by atoms with Gasteiger partial charge in [0.25, 0.3) is 0 Å². The van der Waals surface area contributed by atoms with Crippen LogP contribution in [-0.2, 0) is 6.42 Å². The van der Waals surface area contributed by atoms with Crippen LogP contribution in [0.2, 0.25) is 0 Å². The summed E-state index contributed by atoms with van der Waals surface area (Å²) in [5.74, 6) is 1.92. The Labute approximate surface area is 140 Å². The first-order chi connectivity index (χ1) is 11.3. The van der Waals surface area contributed by atoms with E-state index >= 15 is 0 Å². The van der Waals surface area contributed by atoms with Crippen LogP contribution in [0.5, 0.6) is 0 Å². The molecule has 4 rings (SSSR count). The van der Waals surface area contributed by atoms with Crippen molar-refractivity contribution in [2.75, 3.05) is 31.1 Å². The number of nitrogens with one attached hydrogen (secondary N) is 1. The number of aromatic nitrogens is 2. The van der Waals surface area contributed by atoms with E-state index < -0.39 is 0 Å². The monoisotopic (exact) mass is 324 g/mol. The molecule has 0 amide bonds. The van der Waals surface area contributed by atoms with Gasteiger partial charge in [0.15, 0.2) is 5.82 Å². The summed E-state index contributed by atoms with van der Waals surface area (Å²) in [6, 6.07) is 12.5. The number of rotatable bonds is 3. The lowest BCUT2D eigenvalue weighted by Crippen LogP contribution is -2.44. The first-order valence-electron chi connectivity index (χ1n) is 8.16. The van der Waals surface area contributed by atoms with Gasteiger partial charge in [-0.05, 0) is 12.5 Å². The van der Waals surface area contributed by atoms with Gasteiger partial charge in [-0.1, -0.05) is 37.3 Å². The summed E-state index contributed by atoms with van der Waals surface area (Å²) >= 11 is 1.79. The first kappa shape index (κ1) is 14.6. The average molecular weight is 324 g/mol. The third kappa shape index (κ3) is 2.82. The summed E-state index contributed by atoms with van der Waals surface area (Å²) in [6.45, 7) is 6.21. The maximum absolute atomic E-state index is 4.94. The van der Waals surface area contributed by atoms with Crippen LogP contribution in [0.25, 0.3) is 21.6 Å². The molecule has 1 N–H and O–H groups in total. The third-order valence-electron chi connectivity index (χ3n) is 4.22. The number of hydrogen-bond acceptors (Lipinski definition) is 5. The quantitative estimate of drug-likeness (QED) is 0.802. The fourth-order valence-corrected chi connectivity index (χ4v) is 3.93. The molecule has 0 spiro atoms. The van der Waals surface area contributed by atoms with Crippen molar-refractivity contribution >= 4 is 27.4 Å². The molecule has 1 saturated heterocycles. The predicted octanol–water partition coefficient (Wildman–Crippen LogP) is 3.33. The zero-order valence-corrected chi connectivity index (χ0v) is 14.1. The van der Waals surface area contributed by atoms with Gasteiger partial charge in [-0.2, -0.15) is 0 Å². The van der Waals surface area contributed by atoms with Gasteiger partial charge in [0.1, 0.15) is 10.6 Å². The van der Waals surface area contributed by atoms with Gasteiger partial charge in [0.05, 0.1) is 5.39 Å².